The summed E-state index contributed by atoms with van der Waals surface area (Å²) in [7, 11) is 0. The smallest absolute Gasteiger partial charge is 0.237 e. The lowest BCUT2D eigenvalue weighted by Gasteiger charge is -2.40. The number of nitrogens with zero attached hydrogens (tertiary/aromatic N) is 1. The van der Waals surface area contributed by atoms with Crippen molar-refractivity contribution in [3.05, 3.63) is 0 Å². The van der Waals surface area contributed by atoms with Gasteiger partial charge < -0.3 is 21.5 Å². The number of primary amides is 1. The summed E-state index contributed by atoms with van der Waals surface area (Å²) in [5.41, 5.74) is 11.5. The molecule has 5 aliphatic rings. The van der Waals surface area contributed by atoms with Crippen LogP contribution in [0.2, 0.25) is 0 Å². The molecule has 5 fully saturated rings. The van der Waals surface area contributed by atoms with Crippen molar-refractivity contribution in [1.29, 1.82) is 5.41 Å². The van der Waals surface area contributed by atoms with Gasteiger partial charge in [0.05, 0.1) is 24.1 Å². The zero-order chi connectivity index (χ0) is 26.6. The van der Waals surface area contributed by atoms with Crippen molar-refractivity contribution in [2.24, 2.45) is 35.1 Å². The summed E-state index contributed by atoms with van der Waals surface area (Å²) in [4.78, 5) is 27.9. The Labute approximate surface area is 228 Å². The largest absolute Gasteiger partial charge is 0.387 e. The van der Waals surface area contributed by atoms with Crippen molar-refractivity contribution >= 4 is 17.6 Å². The van der Waals surface area contributed by atoms with Crippen LogP contribution in [0.25, 0.3) is 0 Å². The number of ether oxygens (including phenoxy) is 1. The van der Waals surface area contributed by atoms with Crippen molar-refractivity contribution in [1.82, 2.24) is 10.2 Å². The number of fused-ring (bicyclic) bond motifs is 1. The minimum Gasteiger partial charge on any atom is -0.387 e. The first kappa shape index (κ1) is 27.9. The Hall–Kier alpha value is -1.67. The van der Waals surface area contributed by atoms with Crippen LogP contribution in [0.5, 0.6) is 0 Å². The summed E-state index contributed by atoms with van der Waals surface area (Å²) < 4.78 is 6.43. The summed E-state index contributed by atoms with van der Waals surface area (Å²) in [6.45, 7) is 0.900. The SMILES string of the molecule is N=C(N)C1CCC2CC(C(=O)NC3CCC(OC4CCCCC4)CC3)N(CC3CCC(C(N)=O)CC3)C2C1. The van der Waals surface area contributed by atoms with Crippen LogP contribution >= 0.6 is 0 Å². The Morgan fingerprint density at radius 2 is 1.45 bits per heavy atom. The molecule has 8 nitrogen and oxygen atoms in total. The van der Waals surface area contributed by atoms with E-state index in [1.807, 2.05) is 0 Å². The average Bonchev–Trinajstić information content (AvgIpc) is 3.28. The highest BCUT2D eigenvalue weighted by molar-refractivity contribution is 5.83. The van der Waals surface area contributed by atoms with E-state index in [1.54, 1.807) is 0 Å². The van der Waals surface area contributed by atoms with E-state index in [1.165, 1.54) is 32.1 Å². The molecule has 4 aliphatic carbocycles. The second kappa shape index (κ2) is 12.7. The second-order valence-electron chi connectivity index (χ2n) is 13.2. The van der Waals surface area contributed by atoms with Crippen molar-refractivity contribution < 1.29 is 14.3 Å². The molecular weight excluding hydrogens is 478 g/mol. The van der Waals surface area contributed by atoms with Crippen molar-refractivity contribution in [3.63, 3.8) is 0 Å². The number of rotatable bonds is 8. The molecular formula is C30H51N5O3. The molecule has 0 spiro atoms. The Kier molecular flexibility index (Phi) is 9.29. The molecule has 1 heterocycles. The number of hydrogen-bond donors (Lipinski definition) is 4. The van der Waals surface area contributed by atoms with Gasteiger partial charge in [-0.1, -0.05) is 19.3 Å². The first-order valence-electron chi connectivity index (χ1n) is 15.7. The topological polar surface area (TPSA) is 135 Å². The molecule has 38 heavy (non-hydrogen) atoms. The van der Waals surface area contributed by atoms with Crippen LogP contribution in [-0.4, -0.2) is 59.4 Å². The number of nitrogens with one attached hydrogen (secondary N) is 2. The van der Waals surface area contributed by atoms with E-state index in [0.717, 1.165) is 83.6 Å². The van der Waals surface area contributed by atoms with Gasteiger partial charge in [0.2, 0.25) is 11.8 Å². The third kappa shape index (κ3) is 6.72. The highest BCUT2D eigenvalue weighted by Crippen LogP contribution is 2.43. The van der Waals surface area contributed by atoms with Crippen LogP contribution in [0.3, 0.4) is 0 Å². The van der Waals surface area contributed by atoms with Crippen LogP contribution in [0.4, 0.5) is 0 Å². The Balaban J connectivity index is 1.17. The summed E-state index contributed by atoms with van der Waals surface area (Å²) in [6, 6.07) is 0.469. The summed E-state index contributed by atoms with van der Waals surface area (Å²) in [5, 5.41) is 11.5. The molecule has 4 saturated carbocycles. The quantitative estimate of drug-likeness (QED) is 0.280. The maximum Gasteiger partial charge on any atom is 0.237 e. The number of carbonyl (C=O) groups is 2. The van der Waals surface area contributed by atoms with E-state index in [9.17, 15) is 9.59 Å². The molecule has 1 aliphatic heterocycles. The number of carbonyl (C=O) groups excluding carboxylic acids is 2. The van der Waals surface area contributed by atoms with Crippen LogP contribution in [0.1, 0.15) is 109 Å². The Morgan fingerprint density at radius 3 is 2.11 bits per heavy atom. The Morgan fingerprint density at radius 1 is 0.789 bits per heavy atom. The van der Waals surface area contributed by atoms with E-state index in [0.29, 0.717) is 35.9 Å². The molecule has 0 aromatic rings. The lowest BCUT2D eigenvalue weighted by Crippen LogP contribution is -2.52. The number of nitrogens with two attached hydrogens (primary N) is 2. The average molecular weight is 530 g/mol. The van der Waals surface area contributed by atoms with Gasteiger partial charge >= 0.3 is 0 Å². The molecule has 214 valence electrons. The van der Waals surface area contributed by atoms with E-state index < -0.39 is 0 Å². The van der Waals surface area contributed by atoms with Crippen molar-refractivity contribution in [2.45, 2.75) is 139 Å². The fourth-order valence-corrected chi connectivity index (χ4v) is 8.39. The number of amides is 2. The van der Waals surface area contributed by atoms with Crippen LogP contribution in [0, 0.1) is 29.1 Å². The normalized spacial score (nSPS) is 38.8. The van der Waals surface area contributed by atoms with Gasteiger partial charge in [-0.15, -0.1) is 0 Å². The second-order valence-corrected chi connectivity index (χ2v) is 13.2. The van der Waals surface area contributed by atoms with Gasteiger partial charge in [0.15, 0.2) is 0 Å². The van der Waals surface area contributed by atoms with Crippen LogP contribution in [-0.2, 0) is 14.3 Å². The maximum atomic E-state index is 13.8. The fourth-order valence-electron chi connectivity index (χ4n) is 8.39. The zero-order valence-corrected chi connectivity index (χ0v) is 23.3. The molecule has 4 unspecified atom stereocenters. The molecule has 0 radical (unpaired) electrons. The van der Waals surface area contributed by atoms with E-state index in [-0.39, 0.29) is 35.7 Å². The minimum absolute atomic E-state index is 0.00525. The molecule has 5 rings (SSSR count). The summed E-state index contributed by atoms with van der Waals surface area (Å²) in [5.74, 6) is 1.45. The lowest BCUT2D eigenvalue weighted by atomic mass is 9.77. The lowest BCUT2D eigenvalue weighted by molar-refractivity contribution is -0.127. The predicted molar refractivity (Wildman–Crippen MR) is 148 cm³/mol. The fraction of sp³-hybridized carbons (Fsp3) is 0.900. The maximum absolute atomic E-state index is 13.8. The number of likely N-dealkylation sites (tertiary alicyclic amines) is 1. The monoisotopic (exact) mass is 529 g/mol. The summed E-state index contributed by atoms with van der Waals surface area (Å²) in [6.07, 6.45) is 18.8. The predicted octanol–water partition coefficient (Wildman–Crippen LogP) is 3.85. The van der Waals surface area contributed by atoms with Crippen molar-refractivity contribution in [3.8, 4) is 0 Å². The standard InChI is InChI=1S/C30H51N5O3/c31-28(32)22-11-10-21-16-27(35(26(21)17-22)18-19-6-8-20(9-7-19)29(33)36)30(37)34-23-12-14-25(15-13-23)38-24-4-2-1-3-5-24/h19-27H,1-18H2,(H3,31,32)(H2,33,36)(H,34,37). The van der Waals surface area contributed by atoms with Gasteiger partial charge in [-0.3, -0.25) is 19.9 Å². The van der Waals surface area contributed by atoms with Gasteiger partial charge in [-0.2, -0.15) is 0 Å². The molecule has 2 amide bonds. The molecule has 0 bridgehead atoms. The highest BCUT2D eigenvalue weighted by atomic mass is 16.5. The van der Waals surface area contributed by atoms with E-state index in [2.05, 4.69) is 10.2 Å². The number of amidine groups is 1. The van der Waals surface area contributed by atoms with Gasteiger partial charge in [0.1, 0.15) is 0 Å². The Bertz CT molecular complexity index is 830. The van der Waals surface area contributed by atoms with E-state index in [4.69, 9.17) is 21.6 Å². The van der Waals surface area contributed by atoms with Gasteiger partial charge in [-0.25, -0.2) is 0 Å². The third-order valence-electron chi connectivity index (χ3n) is 10.7. The first-order chi connectivity index (χ1) is 18.4. The molecule has 6 N–H and O–H groups in total. The van der Waals surface area contributed by atoms with Crippen LogP contribution in [0.15, 0.2) is 0 Å². The molecule has 1 saturated heterocycles. The zero-order valence-electron chi connectivity index (χ0n) is 23.3. The third-order valence-corrected chi connectivity index (χ3v) is 10.7. The minimum atomic E-state index is -0.169. The molecule has 4 atom stereocenters. The molecule has 0 aromatic heterocycles. The van der Waals surface area contributed by atoms with E-state index >= 15 is 0 Å². The van der Waals surface area contributed by atoms with Crippen LogP contribution < -0.4 is 16.8 Å². The first-order valence-corrected chi connectivity index (χ1v) is 15.7. The van der Waals surface area contributed by atoms with Gasteiger partial charge in [-0.05, 0) is 102 Å². The van der Waals surface area contributed by atoms with Gasteiger partial charge in [0, 0.05) is 30.5 Å². The summed E-state index contributed by atoms with van der Waals surface area (Å²) >= 11 is 0. The highest BCUT2D eigenvalue weighted by Gasteiger charge is 2.48. The molecule has 8 heteroatoms. The van der Waals surface area contributed by atoms with Crippen molar-refractivity contribution in [2.75, 3.05) is 6.54 Å². The number of hydrogen-bond acceptors (Lipinski definition) is 5. The molecule has 0 aromatic carbocycles. The van der Waals surface area contributed by atoms with Gasteiger partial charge in [0.25, 0.3) is 0 Å².